The van der Waals surface area contributed by atoms with E-state index in [0.29, 0.717) is 18.5 Å². The summed E-state index contributed by atoms with van der Waals surface area (Å²) < 4.78 is 5.54. The summed E-state index contributed by atoms with van der Waals surface area (Å²) in [5, 5.41) is 14.4. The third-order valence-corrected chi connectivity index (χ3v) is 5.90. The Hall–Kier alpha value is -4.13. The summed E-state index contributed by atoms with van der Waals surface area (Å²) in [7, 11) is 0. The Morgan fingerprint density at radius 2 is 1.59 bits per heavy atom. The standard InChI is InChI=1S/C27H26N2O5/c1-2-8-24(26(31)32)29-25(30)17-9-7-10-18(15-17)28-27(33)34-16-23-21-13-5-3-11-19(21)20-12-4-6-14-22(20)23/h3-7,9-15,23-24H,2,8,16H2,1H3,(H,28,33)(H,29,30)(H,31,32)/t24-/m1/s1. The molecule has 1 aliphatic carbocycles. The van der Waals surface area contributed by atoms with Crippen molar-refractivity contribution in [1.29, 1.82) is 0 Å². The molecule has 2 amide bonds. The van der Waals surface area contributed by atoms with Gasteiger partial charge in [0.05, 0.1) is 0 Å². The molecule has 7 nitrogen and oxygen atoms in total. The number of benzene rings is 3. The zero-order chi connectivity index (χ0) is 24.1. The van der Waals surface area contributed by atoms with Crippen LogP contribution in [0.1, 0.15) is 47.2 Å². The molecule has 1 aliphatic rings. The number of hydrogen-bond donors (Lipinski definition) is 3. The highest BCUT2D eigenvalue weighted by Crippen LogP contribution is 2.44. The number of ether oxygens (including phenoxy) is 1. The summed E-state index contributed by atoms with van der Waals surface area (Å²) in [6.45, 7) is 2.03. The Balaban J connectivity index is 1.40. The van der Waals surface area contributed by atoms with Gasteiger partial charge in [0, 0.05) is 17.2 Å². The Morgan fingerprint density at radius 3 is 2.21 bits per heavy atom. The minimum atomic E-state index is -1.08. The molecule has 0 unspecified atom stereocenters. The lowest BCUT2D eigenvalue weighted by Crippen LogP contribution is -2.40. The fourth-order valence-electron chi connectivity index (χ4n) is 4.28. The first-order chi connectivity index (χ1) is 16.5. The molecular weight excluding hydrogens is 432 g/mol. The average Bonchev–Trinajstić information content (AvgIpc) is 3.16. The van der Waals surface area contributed by atoms with E-state index in [1.807, 2.05) is 43.3 Å². The van der Waals surface area contributed by atoms with Crippen LogP contribution in [0.5, 0.6) is 0 Å². The maximum Gasteiger partial charge on any atom is 0.411 e. The second-order valence-corrected chi connectivity index (χ2v) is 8.18. The van der Waals surface area contributed by atoms with Crippen LogP contribution in [0, 0.1) is 0 Å². The van der Waals surface area contributed by atoms with Gasteiger partial charge in [0.15, 0.2) is 0 Å². The van der Waals surface area contributed by atoms with Crippen LogP contribution in [0.4, 0.5) is 10.5 Å². The highest BCUT2D eigenvalue weighted by Gasteiger charge is 2.29. The fourth-order valence-corrected chi connectivity index (χ4v) is 4.28. The highest BCUT2D eigenvalue weighted by atomic mass is 16.5. The number of amides is 2. The SMILES string of the molecule is CCC[C@@H](NC(=O)c1cccc(NC(=O)OCC2c3ccccc3-c3ccccc32)c1)C(=O)O. The van der Waals surface area contributed by atoms with E-state index in [1.165, 1.54) is 6.07 Å². The van der Waals surface area contributed by atoms with Crippen LogP contribution in [0.3, 0.4) is 0 Å². The van der Waals surface area contributed by atoms with E-state index >= 15 is 0 Å². The van der Waals surface area contributed by atoms with Crippen LogP contribution in [0.15, 0.2) is 72.8 Å². The van der Waals surface area contributed by atoms with Crippen molar-refractivity contribution in [2.75, 3.05) is 11.9 Å². The van der Waals surface area contributed by atoms with Crippen LogP contribution >= 0.6 is 0 Å². The van der Waals surface area contributed by atoms with Gasteiger partial charge in [-0.2, -0.15) is 0 Å². The Kier molecular flexibility index (Phi) is 6.92. The monoisotopic (exact) mass is 458 g/mol. The van der Waals surface area contributed by atoms with Gasteiger partial charge in [-0.1, -0.05) is 67.9 Å². The Bertz CT molecular complexity index is 1180. The van der Waals surface area contributed by atoms with Crippen LogP contribution in [-0.2, 0) is 9.53 Å². The van der Waals surface area contributed by atoms with Crippen molar-refractivity contribution in [3.63, 3.8) is 0 Å². The lowest BCUT2D eigenvalue weighted by molar-refractivity contribution is -0.139. The highest BCUT2D eigenvalue weighted by molar-refractivity contribution is 5.98. The molecule has 0 aliphatic heterocycles. The quantitative estimate of drug-likeness (QED) is 0.439. The molecule has 174 valence electrons. The zero-order valence-electron chi connectivity index (χ0n) is 18.8. The molecule has 1 atom stereocenters. The lowest BCUT2D eigenvalue weighted by Gasteiger charge is -2.15. The van der Waals surface area contributed by atoms with E-state index < -0.39 is 24.0 Å². The van der Waals surface area contributed by atoms with Crippen molar-refractivity contribution < 1.29 is 24.2 Å². The first-order valence-electron chi connectivity index (χ1n) is 11.2. The van der Waals surface area contributed by atoms with Crippen LogP contribution in [-0.4, -0.2) is 35.7 Å². The summed E-state index contributed by atoms with van der Waals surface area (Å²) in [6, 6.07) is 21.5. The molecule has 0 saturated carbocycles. The molecule has 0 bridgehead atoms. The maximum atomic E-state index is 12.5. The van der Waals surface area contributed by atoms with Crippen molar-refractivity contribution in [2.24, 2.45) is 0 Å². The molecule has 3 N–H and O–H groups in total. The van der Waals surface area contributed by atoms with Crippen molar-refractivity contribution >= 4 is 23.7 Å². The third-order valence-electron chi connectivity index (χ3n) is 5.90. The first-order valence-corrected chi connectivity index (χ1v) is 11.2. The van der Waals surface area contributed by atoms with E-state index in [1.54, 1.807) is 18.2 Å². The number of carbonyl (C=O) groups excluding carboxylic acids is 2. The van der Waals surface area contributed by atoms with Gasteiger partial charge in [0.25, 0.3) is 5.91 Å². The smallest absolute Gasteiger partial charge is 0.411 e. The second kappa shape index (κ2) is 10.2. The third kappa shape index (κ3) is 4.93. The minimum Gasteiger partial charge on any atom is -0.480 e. The van der Waals surface area contributed by atoms with Gasteiger partial charge in [0.2, 0.25) is 0 Å². The van der Waals surface area contributed by atoms with Gasteiger partial charge in [-0.05, 0) is 46.9 Å². The molecule has 0 heterocycles. The number of carbonyl (C=O) groups is 3. The van der Waals surface area contributed by atoms with Crippen LogP contribution in [0.25, 0.3) is 11.1 Å². The number of carboxylic acids is 1. The molecule has 0 fully saturated rings. The zero-order valence-corrected chi connectivity index (χ0v) is 18.8. The molecule has 3 aromatic carbocycles. The van der Waals surface area contributed by atoms with E-state index in [9.17, 15) is 19.5 Å². The molecular formula is C27H26N2O5. The number of hydrogen-bond acceptors (Lipinski definition) is 4. The first kappa shape index (κ1) is 23.0. The van der Waals surface area contributed by atoms with E-state index in [2.05, 4.69) is 22.8 Å². The summed E-state index contributed by atoms with van der Waals surface area (Å²) in [4.78, 5) is 36.3. The van der Waals surface area contributed by atoms with Crippen molar-refractivity contribution in [3.05, 3.63) is 89.5 Å². The lowest BCUT2D eigenvalue weighted by atomic mass is 9.98. The van der Waals surface area contributed by atoms with Gasteiger partial charge >= 0.3 is 12.1 Å². The number of carboxylic acid groups (broad SMARTS) is 1. The molecule has 34 heavy (non-hydrogen) atoms. The minimum absolute atomic E-state index is 0.0539. The summed E-state index contributed by atoms with van der Waals surface area (Å²) in [6.07, 6.45) is 0.327. The molecule has 0 radical (unpaired) electrons. The van der Waals surface area contributed by atoms with Gasteiger partial charge < -0.3 is 15.2 Å². The summed E-state index contributed by atoms with van der Waals surface area (Å²) >= 11 is 0. The summed E-state index contributed by atoms with van der Waals surface area (Å²) in [5.74, 6) is -1.65. The van der Waals surface area contributed by atoms with Gasteiger partial charge in [-0.15, -0.1) is 0 Å². The number of nitrogens with one attached hydrogen (secondary N) is 2. The molecule has 3 aromatic rings. The molecule has 0 saturated heterocycles. The topological polar surface area (TPSA) is 105 Å². The molecule has 4 rings (SSSR count). The average molecular weight is 459 g/mol. The van der Waals surface area contributed by atoms with Crippen molar-refractivity contribution in [3.8, 4) is 11.1 Å². The fraction of sp³-hybridized carbons (Fsp3) is 0.222. The Morgan fingerprint density at radius 1 is 0.941 bits per heavy atom. The normalized spacial score (nSPS) is 12.9. The predicted molar refractivity (Wildman–Crippen MR) is 129 cm³/mol. The van der Waals surface area contributed by atoms with E-state index in [-0.39, 0.29) is 18.1 Å². The van der Waals surface area contributed by atoms with Gasteiger partial charge in [0.1, 0.15) is 12.6 Å². The van der Waals surface area contributed by atoms with Crippen LogP contribution < -0.4 is 10.6 Å². The second-order valence-electron chi connectivity index (χ2n) is 8.18. The largest absolute Gasteiger partial charge is 0.480 e. The molecule has 7 heteroatoms. The predicted octanol–water partition coefficient (Wildman–Crippen LogP) is 5.03. The van der Waals surface area contributed by atoms with E-state index in [4.69, 9.17) is 4.74 Å². The number of rotatable bonds is 8. The number of fused-ring (bicyclic) bond motifs is 3. The molecule has 0 spiro atoms. The maximum absolute atomic E-state index is 12.5. The number of anilines is 1. The van der Waals surface area contributed by atoms with Crippen molar-refractivity contribution in [2.45, 2.75) is 31.7 Å². The van der Waals surface area contributed by atoms with E-state index in [0.717, 1.165) is 22.3 Å². The Labute approximate surface area is 197 Å². The van der Waals surface area contributed by atoms with Gasteiger partial charge in [-0.25, -0.2) is 9.59 Å². The molecule has 0 aromatic heterocycles. The van der Waals surface area contributed by atoms with Crippen LogP contribution in [0.2, 0.25) is 0 Å². The van der Waals surface area contributed by atoms with Gasteiger partial charge in [-0.3, -0.25) is 10.1 Å². The van der Waals surface area contributed by atoms with Crippen molar-refractivity contribution in [1.82, 2.24) is 5.32 Å². The number of aliphatic carboxylic acids is 1. The summed E-state index contributed by atoms with van der Waals surface area (Å²) in [5.41, 5.74) is 5.17.